The summed E-state index contributed by atoms with van der Waals surface area (Å²) in [4.78, 5) is 12.1. The van der Waals surface area contributed by atoms with Crippen molar-refractivity contribution in [1.82, 2.24) is 20.3 Å². The lowest BCUT2D eigenvalue weighted by Gasteiger charge is -2.07. The number of halogens is 1. The molecule has 1 aromatic carbocycles. The quantitative estimate of drug-likeness (QED) is 0.859. The van der Waals surface area contributed by atoms with E-state index in [0.717, 1.165) is 16.6 Å². The van der Waals surface area contributed by atoms with E-state index in [1.165, 1.54) is 0 Å². The number of benzene rings is 1. The molecule has 21 heavy (non-hydrogen) atoms. The van der Waals surface area contributed by atoms with Crippen LogP contribution in [0.2, 0.25) is 0 Å². The van der Waals surface area contributed by atoms with E-state index in [1.807, 2.05) is 38.1 Å². The van der Waals surface area contributed by atoms with E-state index in [4.69, 9.17) is 5.73 Å². The van der Waals surface area contributed by atoms with Gasteiger partial charge in [-0.1, -0.05) is 27.2 Å². The van der Waals surface area contributed by atoms with Crippen LogP contribution in [-0.2, 0) is 0 Å². The Bertz CT molecular complexity index is 638. The van der Waals surface area contributed by atoms with Crippen LogP contribution in [0.1, 0.15) is 29.5 Å². The number of hydrogen-bond acceptors (Lipinski definition) is 4. The van der Waals surface area contributed by atoms with Gasteiger partial charge >= 0.3 is 0 Å². The molecule has 1 amide bonds. The van der Waals surface area contributed by atoms with E-state index in [2.05, 4.69) is 31.6 Å². The summed E-state index contributed by atoms with van der Waals surface area (Å²) in [5, 5.41) is 10.8. The summed E-state index contributed by atoms with van der Waals surface area (Å²) in [6, 6.07) is 7.72. The minimum atomic E-state index is -0.227. The number of rotatable bonds is 5. The van der Waals surface area contributed by atoms with Crippen molar-refractivity contribution in [2.24, 2.45) is 5.73 Å². The lowest BCUT2D eigenvalue weighted by molar-refractivity contribution is 0.0947. The smallest absolute Gasteiger partial charge is 0.273 e. The van der Waals surface area contributed by atoms with Crippen molar-refractivity contribution in [2.75, 3.05) is 6.54 Å². The third-order valence-electron chi connectivity index (χ3n) is 3.05. The van der Waals surface area contributed by atoms with E-state index in [9.17, 15) is 4.79 Å². The SMILES string of the molecule is Cc1c(C(=O)NCCC(C)N)nnn1-c1cccc(Br)c1. The van der Waals surface area contributed by atoms with Gasteiger partial charge < -0.3 is 11.1 Å². The zero-order valence-corrected chi connectivity index (χ0v) is 13.6. The van der Waals surface area contributed by atoms with Gasteiger partial charge in [0.1, 0.15) is 0 Å². The first-order valence-electron chi connectivity index (χ1n) is 6.71. The Morgan fingerprint density at radius 2 is 2.29 bits per heavy atom. The molecule has 2 aromatic rings. The minimum absolute atomic E-state index is 0.0590. The maximum atomic E-state index is 12.1. The van der Waals surface area contributed by atoms with Gasteiger partial charge in [0.2, 0.25) is 0 Å². The second-order valence-corrected chi connectivity index (χ2v) is 5.85. The first kappa shape index (κ1) is 15.7. The molecule has 0 bridgehead atoms. The molecule has 112 valence electrons. The van der Waals surface area contributed by atoms with Crippen LogP contribution in [0.15, 0.2) is 28.7 Å². The standard InChI is InChI=1S/C14H18BrN5O/c1-9(16)6-7-17-14(21)13-10(2)20(19-18-13)12-5-3-4-11(15)8-12/h3-5,8-9H,6-7,16H2,1-2H3,(H,17,21). The van der Waals surface area contributed by atoms with Gasteiger partial charge in [-0.25, -0.2) is 4.68 Å². The van der Waals surface area contributed by atoms with Crippen LogP contribution >= 0.6 is 15.9 Å². The first-order chi connectivity index (χ1) is 9.99. The molecule has 1 aromatic heterocycles. The summed E-state index contributed by atoms with van der Waals surface area (Å²) in [6.45, 7) is 4.25. The molecule has 0 saturated heterocycles. The summed E-state index contributed by atoms with van der Waals surface area (Å²) in [5.41, 5.74) is 7.54. The molecule has 1 unspecified atom stereocenters. The van der Waals surface area contributed by atoms with Gasteiger partial charge in [-0.05, 0) is 38.5 Å². The molecule has 0 radical (unpaired) electrons. The van der Waals surface area contributed by atoms with Gasteiger partial charge in [0.25, 0.3) is 5.91 Å². The molecule has 2 rings (SSSR count). The normalized spacial score (nSPS) is 12.2. The Balaban J connectivity index is 2.15. The lowest BCUT2D eigenvalue weighted by Crippen LogP contribution is -2.29. The zero-order valence-electron chi connectivity index (χ0n) is 12.0. The van der Waals surface area contributed by atoms with Crippen LogP contribution in [0.3, 0.4) is 0 Å². The monoisotopic (exact) mass is 351 g/mol. The largest absolute Gasteiger partial charge is 0.351 e. The minimum Gasteiger partial charge on any atom is -0.351 e. The summed E-state index contributed by atoms with van der Waals surface area (Å²) < 4.78 is 2.59. The van der Waals surface area contributed by atoms with Crippen LogP contribution < -0.4 is 11.1 Å². The van der Waals surface area contributed by atoms with Gasteiger partial charge in [0, 0.05) is 17.1 Å². The molecular weight excluding hydrogens is 334 g/mol. The van der Waals surface area contributed by atoms with E-state index < -0.39 is 0 Å². The molecule has 1 heterocycles. The second kappa shape index (κ2) is 6.82. The topological polar surface area (TPSA) is 85.8 Å². The average molecular weight is 352 g/mol. The Kier molecular flexibility index (Phi) is 5.08. The Morgan fingerprint density at radius 3 is 2.95 bits per heavy atom. The molecule has 0 saturated carbocycles. The third kappa shape index (κ3) is 3.89. The predicted molar refractivity (Wildman–Crippen MR) is 84.4 cm³/mol. The highest BCUT2D eigenvalue weighted by molar-refractivity contribution is 9.10. The van der Waals surface area contributed by atoms with Crippen molar-refractivity contribution < 1.29 is 4.79 Å². The number of carbonyl (C=O) groups is 1. The maximum absolute atomic E-state index is 12.1. The third-order valence-corrected chi connectivity index (χ3v) is 3.54. The molecule has 0 aliphatic carbocycles. The van der Waals surface area contributed by atoms with E-state index in [-0.39, 0.29) is 11.9 Å². The van der Waals surface area contributed by atoms with Gasteiger partial charge in [-0.15, -0.1) is 5.10 Å². The van der Waals surface area contributed by atoms with Gasteiger partial charge in [-0.2, -0.15) is 0 Å². The van der Waals surface area contributed by atoms with Crippen molar-refractivity contribution in [1.29, 1.82) is 0 Å². The fourth-order valence-electron chi connectivity index (χ4n) is 1.89. The van der Waals surface area contributed by atoms with Crippen molar-refractivity contribution in [3.63, 3.8) is 0 Å². The zero-order chi connectivity index (χ0) is 15.4. The summed E-state index contributed by atoms with van der Waals surface area (Å²) in [7, 11) is 0. The number of amides is 1. The summed E-state index contributed by atoms with van der Waals surface area (Å²) >= 11 is 3.41. The molecule has 0 aliphatic heterocycles. The number of hydrogen-bond donors (Lipinski definition) is 2. The molecule has 0 fully saturated rings. The molecule has 1 atom stereocenters. The number of carbonyl (C=O) groups excluding carboxylic acids is 1. The van der Waals surface area contributed by atoms with Crippen LogP contribution in [0.25, 0.3) is 5.69 Å². The summed E-state index contributed by atoms with van der Waals surface area (Å²) in [6.07, 6.45) is 0.727. The maximum Gasteiger partial charge on any atom is 0.273 e. The molecule has 6 nitrogen and oxygen atoms in total. The Hall–Kier alpha value is -1.73. The van der Waals surface area contributed by atoms with Crippen LogP contribution in [0, 0.1) is 6.92 Å². The van der Waals surface area contributed by atoms with Gasteiger partial charge in [0.15, 0.2) is 5.69 Å². The van der Waals surface area contributed by atoms with Gasteiger partial charge in [-0.3, -0.25) is 4.79 Å². The molecule has 0 aliphatic rings. The van der Waals surface area contributed by atoms with Crippen molar-refractivity contribution >= 4 is 21.8 Å². The number of nitrogens with two attached hydrogens (primary N) is 1. The van der Waals surface area contributed by atoms with Crippen molar-refractivity contribution in [3.8, 4) is 5.69 Å². The Labute approximate surface area is 131 Å². The number of nitrogens with one attached hydrogen (secondary N) is 1. The van der Waals surface area contributed by atoms with Crippen LogP contribution in [0.5, 0.6) is 0 Å². The highest BCUT2D eigenvalue weighted by Crippen LogP contribution is 2.17. The van der Waals surface area contributed by atoms with Crippen molar-refractivity contribution in [3.05, 3.63) is 40.1 Å². The fraction of sp³-hybridized carbons (Fsp3) is 0.357. The van der Waals surface area contributed by atoms with E-state index >= 15 is 0 Å². The van der Waals surface area contributed by atoms with Crippen molar-refractivity contribution in [2.45, 2.75) is 26.3 Å². The molecule has 7 heteroatoms. The van der Waals surface area contributed by atoms with Crippen LogP contribution in [-0.4, -0.2) is 33.5 Å². The molecular formula is C14H18BrN5O. The Morgan fingerprint density at radius 1 is 1.52 bits per heavy atom. The van der Waals surface area contributed by atoms with E-state index in [1.54, 1.807) is 4.68 Å². The second-order valence-electron chi connectivity index (χ2n) is 4.94. The van der Waals surface area contributed by atoms with E-state index in [0.29, 0.717) is 17.9 Å². The fourth-order valence-corrected chi connectivity index (χ4v) is 2.28. The first-order valence-corrected chi connectivity index (χ1v) is 7.50. The summed E-state index contributed by atoms with van der Waals surface area (Å²) in [5.74, 6) is -0.227. The molecule has 0 spiro atoms. The molecule has 3 N–H and O–H groups in total. The average Bonchev–Trinajstić information content (AvgIpc) is 2.80. The highest BCUT2D eigenvalue weighted by atomic mass is 79.9. The van der Waals surface area contributed by atoms with Gasteiger partial charge in [0.05, 0.1) is 11.4 Å². The number of nitrogens with zero attached hydrogens (tertiary/aromatic N) is 3. The highest BCUT2D eigenvalue weighted by Gasteiger charge is 2.17. The number of aromatic nitrogens is 3. The lowest BCUT2D eigenvalue weighted by atomic mass is 10.2. The predicted octanol–water partition coefficient (Wildman–Crippen LogP) is 1.81. The van der Waals surface area contributed by atoms with Crippen LogP contribution in [0.4, 0.5) is 0 Å².